The van der Waals surface area contributed by atoms with Gasteiger partial charge in [0.05, 0.1) is 6.10 Å². The molecule has 1 atom stereocenters. The molecule has 1 unspecified atom stereocenters. The second kappa shape index (κ2) is 4.48. The summed E-state index contributed by atoms with van der Waals surface area (Å²) in [5.74, 6) is 0.298. The van der Waals surface area contributed by atoms with Gasteiger partial charge in [-0.25, -0.2) is 9.97 Å². The molecule has 0 radical (unpaired) electrons. The lowest BCUT2D eigenvalue weighted by molar-refractivity contribution is -0.141. The number of ether oxygens (including phenoxy) is 1. The van der Waals surface area contributed by atoms with Gasteiger partial charge in [0.1, 0.15) is 17.8 Å². The summed E-state index contributed by atoms with van der Waals surface area (Å²) in [5.41, 5.74) is -0.914. The molecule has 1 aromatic rings. The third kappa shape index (κ3) is 2.66. The van der Waals surface area contributed by atoms with Gasteiger partial charge in [0.15, 0.2) is 0 Å². The SMILES string of the molecule is COC1CCN(c2cc(C(F)(F)F)ncn2)C1. The Morgan fingerprint density at radius 3 is 2.76 bits per heavy atom. The highest BCUT2D eigenvalue weighted by Gasteiger charge is 2.34. The van der Waals surface area contributed by atoms with Crippen molar-refractivity contribution < 1.29 is 17.9 Å². The zero-order chi connectivity index (χ0) is 12.5. The summed E-state index contributed by atoms with van der Waals surface area (Å²) in [6.45, 7) is 1.21. The lowest BCUT2D eigenvalue weighted by atomic mass is 10.3. The van der Waals surface area contributed by atoms with Crippen molar-refractivity contribution in [2.75, 3.05) is 25.1 Å². The molecule has 2 rings (SSSR count). The van der Waals surface area contributed by atoms with Crippen LogP contribution in [0.4, 0.5) is 19.0 Å². The van der Waals surface area contributed by atoms with E-state index in [1.807, 2.05) is 0 Å². The fourth-order valence-electron chi connectivity index (χ4n) is 1.80. The molecule has 0 aromatic carbocycles. The molecule has 2 heterocycles. The molecule has 1 aromatic heterocycles. The van der Waals surface area contributed by atoms with Crippen molar-refractivity contribution in [3.05, 3.63) is 18.1 Å². The topological polar surface area (TPSA) is 38.2 Å². The molecule has 0 saturated carbocycles. The molecular formula is C10H12F3N3O. The van der Waals surface area contributed by atoms with Crippen LogP contribution in [0, 0.1) is 0 Å². The highest BCUT2D eigenvalue weighted by atomic mass is 19.4. The van der Waals surface area contributed by atoms with Crippen LogP contribution in [0.5, 0.6) is 0 Å². The van der Waals surface area contributed by atoms with Crippen molar-refractivity contribution in [3.63, 3.8) is 0 Å². The molecule has 1 saturated heterocycles. The summed E-state index contributed by atoms with van der Waals surface area (Å²) in [6.07, 6.45) is -2.64. The summed E-state index contributed by atoms with van der Waals surface area (Å²) < 4.78 is 42.5. The zero-order valence-corrected chi connectivity index (χ0v) is 9.24. The Labute approximate surface area is 96.4 Å². The van der Waals surface area contributed by atoms with Gasteiger partial charge in [0, 0.05) is 26.3 Å². The number of nitrogens with zero attached hydrogens (tertiary/aromatic N) is 3. The van der Waals surface area contributed by atoms with Crippen LogP contribution in [-0.2, 0) is 10.9 Å². The van der Waals surface area contributed by atoms with Crippen LogP contribution in [-0.4, -0.2) is 36.3 Å². The molecule has 94 valence electrons. The second-order valence-corrected chi connectivity index (χ2v) is 3.85. The number of rotatable bonds is 2. The molecule has 0 spiro atoms. The number of alkyl halides is 3. The summed E-state index contributed by atoms with van der Waals surface area (Å²) in [7, 11) is 1.59. The van der Waals surface area contributed by atoms with Gasteiger partial charge in [-0.05, 0) is 6.42 Å². The highest BCUT2D eigenvalue weighted by molar-refractivity contribution is 5.40. The van der Waals surface area contributed by atoms with Gasteiger partial charge < -0.3 is 9.64 Å². The van der Waals surface area contributed by atoms with Gasteiger partial charge in [-0.1, -0.05) is 0 Å². The first-order valence-corrected chi connectivity index (χ1v) is 5.17. The van der Waals surface area contributed by atoms with Crippen LogP contribution in [0.15, 0.2) is 12.4 Å². The van der Waals surface area contributed by atoms with E-state index in [0.717, 1.165) is 18.8 Å². The normalized spacial score (nSPS) is 20.9. The highest BCUT2D eigenvalue weighted by Crippen LogP contribution is 2.29. The van der Waals surface area contributed by atoms with E-state index in [2.05, 4.69) is 9.97 Å². The van der Waals surface area contributed by atoms with Crippen LogP contribution < -0.4 is 4.90 Å². The average Bonchev–Trinajstić information content (AvgIpc) is 2.76. The van der Waals surface area contributed by atoms with E-state index in [0.29, 0.717) is 18.9 Å². The average molecular weight is 247 g/mol. The molecule has 0 bridgehead atoms. The predicted molar refractivity (Wildman–Crippen MR) is 54.7 cm³/mol. The van der Waals surface area contributed by atoms with Gasteiger partial charge in [-0.2, -0.15) is 13.2 Å². The zero-order valence-electron chi connectivity index (χ0n) is 9.24. The Bertz CT molecular complexity index is 397. The quantitative estimate of drug-likeness (QED) is 0.797. The Morgan fingerprint density at radius 2 is 2.18 bits per heavy atom. The number of aromatic nitrogens is 2. The summed E-state index contributed by atoms with van der Waals surface area (Å²) in [6, 6.07) is 0.970. The number of halogens is 3. The smallest absolute Gasteiger partial charge is 0.380 e. The fourth-order valence-corrected chi connectivity index (χ4v) is 1.80. The lowest BCUT2D eigenvalue weighted by Gasteiger charge is -2.17. The molecule has 1 aliphatic rings. The van der Waals surface area contributed by atoms with Crippen LogP contribution in [0.3, 0.4) is 0 Å². The molecule has 0 aliphatic carbocycles. The summed E-state index contributed by atoms with van der Waals surface area (Å²) >= 11 is 0. The summed E-state index contributed by atoms with van der Waals surface area (Å²) in [4.78, 5) is 8.86. The maximum atomic E-state index is 12.5. The molecule has 17 heavy (non-hydrogen) atoms. The van der Waals surface area contributed by atoms with E-state index < -0.39 is 11.9 Å². The Kier molecular flexibility index (Phi) is 3.19. The largest absolute Gasteiger partial charge is 0.433 e. The third-order valence-electron chi connectivity index (χ3n) is 2.75. The number of hydrogen-bond donors (Lipinski definition) is 0. The van der Waals surface area contributed by atoms with Crippen molar-refractivity contribution in [1.82, 2.24) is 9.97 Å². The lowest BCUT2D eigenvalue weighted by Crippen LogP contribution is -2.24. The van der Waals surface area contributed by atoms with Gasteiger partial charge in [-0.3, -0.25) is 0 Å². The molecular weight excluding hydrogens is 235 g/mol. The minimum atomic E-state index is -4.43. The van der Waals surface area contributed by atoms with E-state index in [1.54, 1.807) is 12.0 Å². The Morgan fingerprint density at radius 1 is 1.41 bits per heavy atom. The predicted octanol–water partition coefficient (Wildman–Crippen LogP) is 1.72. The Balaban J connectivity index is 2.17. The van der Waals surface area contributed by atoms with Gasteiger partial charge >= 0.3 is 6.18 Å². The van der Waals surface area contributed by atoms with Crippen LogP contribution in [0.25, 0.3) is 0 Å². The number of methoxy groups -OCH3 is 1. The Hall–Kier alpha value is -1.37. The van der Waals surface area contributed by atoms with Crippen molar-refractivity contribution >= 4 is 5.82 Å². The minimum absolute atomic E-state index is 0.0549. The maximum absolute atomic E-state index is 12.5. The molecule has 7 heteroatoms. The first-order valence-electron chi connectivity index (χ1n) is 5.17. The first-order chi connectivity index (χ1) is 8.00. The van der Waals surface area contributed by atoms with E-state index in [9.17, 15) is 13.2 Å². The van der Waals surface area contributed by atoms with Gasteiger partial charge in [0.2, 0.25) is 0 Å². The standard InChI is InChI=1S/C10H12F3N3O/c1-17-7-2-3-16(5-7)9-4-8(10(11,12)13)14-6-15-9/h4,6-7H,2-3,5H2,1H3. The van der Waals surface area contributed by atoms with E-state index >= 15 is 0 Å². The number of anilines is 1. The van der Waals surface area contributed by atoms with Crippen molar-refractivity contribution in [3.8, 4) is 0 Å². The first kappa shape index (κ1) is 12.1. The van der Waals surface area contributed by atoms with Gasteiger partial charge in [0.25, 0.3) is 0 Å². The minimum Gasteiger partial charge on any atom is -0.380 e. The van der Waals surface area contributed by atoms with Gasteiger partial charge in [-0.15, -0.1) is 0 Å². The molecule has 1 aliphatic heterocycles. The summed E-state index contributed by atoms with van der Waals surface area (Å²) in [5, 5.41) is 0. The third-order valence-corrected chi connectivity index (χ3v) is 2.75. The second-order valence-electron chi connectivity index (χ2n) is 3.85. The fraction of sp³-hybridized carbons (Fsp3) is 0.600. The van der Waals surface area contributed by atoms with Crippen LogP contribution in [0.1, 0.15) is 12.1 Å². The van der Waals surface area contributed by atoms with E-state index in [1.165, 1.54) is 0 Å². The molecule has 1 fully saturated rings. The molecule has 0 N–H and O–H groups in total. The van der Waals surface area contributed by atoms with Crippen molar-refractivity contribution in [2.45, 2.75) is 18.7 Å². The van der Waals surface area contributed by atoms with Crippen molar-refractivity contribution in [1.29, 1.82) is 0 Å². The van der Waals surface area contributed by atoms with Crippen LogP contribution >= 0.6 is 0 Å². The van der Waals surface area contributed by atoms with E-state index in [4.69, 9.17) is 4.74 Å². The maximum Gasteiger partial charge on any atom is 0.433 e. The molecule has 4 nitrogen and oxygen atoms in total. The monoisotopic (exact) mass is 247 g/mol. The number of hydrogen-bond acceptors (Lipinski definition) is 4. The van der Waals surface area contributed by atoms with Crippen molar-refractivity contribution in [2.24, 2.45) is 0 Å². The van der Waals surface area contributed by atoms with E-state index in [-0.39, 0.29) is 6.10 Å². The molecule has 0 amide bonds. The van der Waals surface area contributed by atoms with Crippen LogP contribution in [0.2, 0.25) is 0 Å².